The molecule has 0 radical (unpaired) electrons. The first kappa shape index (κ1) is 17.4. The summed E-state index contributed by atoms with van der Waals surface area (Å²) in [5.41, 5.74) is 2.90. The molecule has 0 amide bonds. The zero-order valence-corrected chi connectivity index (χ0v) is 13.9. The van der Waals surface area contributed by atoms with Gasteiger partial charge in [-0.3, -0.25) is 0 Å². The van der Waals surface area contributed by atoms with Crippen molar-refractivity contribution in [1.29, 1.82) is 5.26 Å². The Balaban J connectivity index is 2.28. The van der Waals surface area contributed by atoms with Crippen LogP contribution in [0.2, 0.25) is 0 Å². The maximum Gasteiger partial charge on any atom is 0.330 e. The van der Waals surface area contributed by atoms with Crippen LogP contribution < -0.4 is 10.2 Å². The number of nitrogens with zero attached hydrogens (tertiary/aromatic N) is 2. The molecular formula is C19H21N3O2. The molecule has 0 aliphatic heterocycles. The van der Waals surface area contributed by atoms with Crippen molar-refractivity contribution in [2.45, 2.75) is 19.9 Å². The molecule has 0 spiro atoms. The van der Waals surface area contributed by atoms with Crippen LogP contribution in [0.25, 0.3) is 0 Å². The van der Waals surface area contributed by atoms with E-state index in [-0.39, 0.29) is 0 Å². The van der Waals surface area contributed by atoms with E-state index in [2.05, 4.69) is 24.1 Å². The van der Waals surface area contributed by atoms with E-state index in [1.165, 1.54) is 0 Å². The fourth-order valence-corrected chi connectivity index (χ4v) is 2.59. The van der Waals surface area contributed by atoms with Crippen LogP contribution in [0.15, 0.2) is 48.5 Å². The van der Waals surface area contributed by atoms with Crippen LogP contribution >= 0.6 is 0 Å². The fourth-order valence-electron chi connectivity index (χ4n) is 2.59. The van der Waals surface area contributed by atoms with Gasteiger partial charge in [-0.1, -0.05) is 12.1 Å². The van der Waals surface area contributed by atoms with Crippen molar-refractivity contribution in [3.63, 3.8) is 0 Å². The smallest absolute Gasteiger partial charge is 0.330 e. The molecule has 0 saturated heterocycles. The van der Waals surface area contributed by atoms with Gasteiger partial charge in [0.15, 0.2) is 6.04 Å². The number of aliphatic carboxylic acids is 1. The summed E-state index contributed by atoms with van der Waals surface area (Å²) in [7, 11) is 0. The first-order chi connectivity index (χ1) is 11.6. The third-order valence-electron chi connectivity index (χ3n) is 3.90. The first-order valence-electron chi connectivity index (χ1n) is 7.93. The standard InChI is InChI=1S/C19H21N3O2/c1-3-22(4-2)17-7-5-6-15(12-17)18(19(23)24)21-16-10-8-14(13-20)9-11-16/h5-12,18,21H,3-4H2,1-2H3,(H,23,24). The van der Waals surface area contributed by atoms with Crippen molar-refractivity contribution >= 4 is 17.3 Å². The number of carboxylic acids is 1. The number of nitriles is 1. The monoisotopic (exact) mass is 323 g/mol. The third kappa shape index (κ3) is 4.05. The Labute approximate surface area is 142 Å². The zero-order valence-electron chi connectivity index (χ0n) is 13.9. The molecule has 0 fully saturated rings. The summed E-state index contributed by atoms with van der Waals surface area (Å²) < 4.78 is 0. The topological polar surface area (TPSA) is 76.4 Å². The molecule has 0 aliphatic carbocycles. The summed E-state index contributed by atoms with van der Waals surface area (Å²) in [5.74, 6) is -0.948. The minimum atomic E-state index is -0.948. The molecule has 0 aromatic heterocycles. The molecule has 124 valence electrons. The predicted octanol–water partition coefficient (Wildman–Crippen LogP) is 3.64. The van der Waals surface area contributed by atoms with Gasteiger partial charge in [0.2, 0.25) is 0 Å². The van der Waals surface area contributed by atoms with Crippen molar-refractivity contribution < 1.29 is 9.90 Å². The van der Waals surface area contributed by atoms with E-state index in [1.807, 2.05) is 30.3 Å². The minimum absolute atomic E-state index is 0.538. The molecule has 2 rings (SSSR count). The number of hydrogen-bond acceptors (Lipinski definition) is 4. The second kappa shape index (κ2) is 8.02. The largest absolute Gasteiger partial charge is 0.479 e. The number of anilines is 2. The molecule has 5 heteroatoms. The lowest BCUT2D eigenvalue weighted by Crippen LogP contribution is -2.24. The molecule has 24 heavy (non-hydrogen) atoms. The highest BCUT2D eigenvalue weighted by Gasteiger charge is 2.20. The van der Waals surface area contributed by atoms with Crippen LogP contribution in [0.1, 0.15) is 31.0 Å². The summed E-state index contributed by atoms with van der Waals surface area (Å²) in [5, 5.41) is 21.5. The highest BCUT2D eigenvalue weighted by atomic mass is 16.4. The summed E-state index contributed by atoms with van der Waals surface area (Å²) in [6.07, 6.45) is 0. The quantitative estimate of drug-likeness (QED) is 0.813. The fraction of sp³-hybridized carbons (Fsp3) is 0.263. The highest BCUT2D eigenvalue weighted by molar-refractivity contribution is 5.80. The van der Waals surface area contributed by atoms with Crippen molar-refractivity contribution in [2.75, 3.05) is 23.3 Å². The average Bonchev–Trinajstić information content (AvgIpc) is 2.61. The molecule has 2 aromatic rings. The van der Waals surface area contributed by atoms with Crippen LogP contribution in [-0.2, 0) is 4.79 Å². The van der Waals surface area contributed by atoms with Gasteiger partial charge in [0, 0.05) is 24.5 Å². The number of rotatable bonds is 7. The van der Waals surface area contributed by atoms with E-state index in [0.29, 0.717) is 16.8 Å². The van der Waals surface area contributed by atoms with Crippen molar-refractivity contribution in [3.05, 3.63) is 59.7 Å². The maximum absolute atomic E-state index is 11.7. The van der Waals surface area contributed by atoms with Crippen LogP contribution in [0, 0.1) is 11.3 Å². The molecule has 0 aliphatic rings. The second-order valence-corrected chi connectivity index (χ2v) is 5.37. The summed E-state index contributed by atoms with van der Waals surface area (Å²) in [6.45, 7) is 5.86. The molecule has 2 aromatic carbocycles. The minimum Gasteiger partial charge on any atom is -0.479 e. The Morgan fingerprint density at radius 1 is 1.21 bits per heavy atom. The van der Waals surface area contributed by atoms with E-state index < -0.39 is 12.0 Å². The van der Waals surface area contributed by atoms with E-state index in [1.54, 1.807) is 24.3 Å². The van der Waals surface area contributed by atoms with Crippen molar-refractivity contribution in [3.8, 4) is 6.07 Å². The Kier molecular flexibility index (Phi) is 5.80. The number of nitrogens with one attached hydrogen (secondary N) is 1. The van der Waals surface area contributed by atoms with Crippen LogP contribution in [-0.4, -0.2) is 24.2 Å². The van der Waals surface area contributed by atoms with E-state index in [9.17, 15) is 9.90 Å². The Bertz CT molecular complexity index is 731. The lowest BCUT2D eigenvalue weighted by Gasteiger charge is -2.23. The van der Waals surface area contributed by atoms with Gasteiger partial charge in [-0.15, -0.1) is 0 Å². The van der Waals surface area contributed by atoms with E-state index in [0.717, 1.165) is 18.8 Å². The first-order valence-corrected chi connectivity index (χ1v) is 7.93. The number of benzene rings is 2. The van der Waals surface area contributed by atoms with Gasteiger partial charge in [-0.05, 0) is 55.8 Å². The lowest BCUT2D eigenvalue weighted by molar-refractivity contribution is -0.138. The van der Waals surface area contributed by atoms with Gasteiger partial charge in [-0.2, -0.15) is 5.26 Å². The summed E-state index contributed by atoms with van der Waals surface area (Å²) in [6, 6.07) is 15.5. The third-order valence-corrected chi connectivity index (χ3v) is 3.90. The van der Waals surface area contributed by atoms with Gasteiger partial charge in [0.05, 0.1) is 11.6 Å². The molecular weight excluding hydrogens is 302 g/mol. The number of carboxylic acid groups (broad SMARTS) is 1. The summed E-state index contributed by atoms with van der Waals surface area (Å²) >= 11 is 0. The highest BCUT2D eigenvalue weighted by Crippen LogP contribution is 2.24. The van der Waals surface area contributed by atoms with Gasteiger partial charge in [-0.25, -0.2) is 4.79 Å². The average molecular weight is 323 g/mol. The molecule has 0 saturated carbocycles. The van der Waals surface area contributed by atoms with Gasteiger partial charge in [0.1, 0.15) is 0 Å². The van der Waals surface area contributed by atoms with Crippen molar-refractivity contribution in [1.82, 2.24) is 0 Å². The molecule has 0 bridgehead atoms. The van der Waals surface area contributed by atoms with Gasteiger partial charge >= 0.3 is 5.97 Å². The van der Waals surface area contributed by atoms with Gasteiger partial charge < -0.3 is 15.3 Å². The Morgan fingerprint density at radius 2 is 1.88 bits per heavy atom. The number of carbonyl (C=O) groups is 1. The Hall–Kier alpha value is -3.00. The SMILES string of the molecule is CCN(CC)c1cccc(C(Nc2ccc(C#N)cc2)C(=O)O)c1. The predicted molar refractivity (Wildman–Crippen MR) is 95.2 cm³/mol. The Morgan fingerprint density at radius 3 is 2.42 bits per heavy atom. The lowest BCUT2D eigenvalue weighted by atomic mass is 10.0. The molecule has 2 N–H and O–H groups in total. The zero-order chi connectivity index (χ0) is 17.5. The van der Waals surface area contributed by atoms with Crippen LogP contribution in [0.5, 0.6) is 0 Å². The second-order valence-electron chi connectivity index (χ2n) is 5.37. The van der Waals surface area contributed by atoms with E-state index >= 15 is 0 Å². The number of hydrogen-bond donors (Lipinski definition) is 2. The van der Waals surface area contributed by atoms with Crippen molar-refractivity contribution in [2.24, 2.45) is 0 Å². The normalized spacial score (nSPS) is 11.4. The maximum atomic E-state index is 11.7. The molecule has 0 heterocycles. The van der Waals surface area contributed by atoms with Gasteiger partial charge in [0.25, 0.3) is 0 Å². The molecule has 5 nitrogen and oxygen atoms in total. The van der Waals surface area contributed by atoms with Crippen LogP contribution in [0.3, 0.4) is 0 Å². The summed E-state index contributed by atoms with van der Waals surface area (Å²) in [4.78, 5) is 13.9. The van der Waals surface area contributed by atoms with E-state index in [4.69, 9.17) is 5.26 Å². The molecule has 1 atom stereocenters. The van der Waals surface area contributed by atoms with Crippen LogP contribution in [0.4, 0.5) is 11.4 Å². The molecule has 1 unspecified atom stereocenters.